The van der Waals surface area contributed by atoms with Gasteiger partial charge in [-0.05, 0) is 85.1 Å². The van der Waals surface area contributed by atoms with Gasteiger partial charge >= 0.3 is 5.97 Å². The van der Waals surface area contributed by atoms with Crippen LogP contribution >= 0.6 is 0 Å². The number of piperidine rings is 1. The van der Waals surface area contributed by atoms with Gasteiger partial charge in [0.15, 0.2) is 0 Å². The van der Waals surface area contributed by atoms with Crippen molar-refractivity contribution in [1.82, 2.24) is 10.3 Å². The molecule has 1 aromatic heterocycles. The molecule has 38 heavy (non-hydrogen) atoms. The Morgan fingerprint density at radius 1 is 1.05 bits per heavy atom. The van der Waals surface area contributed by atoms with E-state index in [1.165, 1.54) is 11.1 Å². The zero-order chi connectivity index (χ0) is 26.1. The van der Waals surface area contributed by atoms with Crippen molar-refractivity contribution in [2.75, 3.05) is 25.4 Å². The Morgan fingerprint density at radius 2 is 1.89 bits per heavy atom. The zero-order valence-electron chi connectivity index (χ0n) is 21.7. The lowest BCUT2D eigenvalue weighted by molar-refractivity contribution is -0.142. The highest BCUT2D eigenvalue weighted by atomic mass is 16.5. The predicted molar refractivity (Wildman–Crippen MR) is 150 cm³/mol. The second kappa shape index (κ2) is 10.1. The van der Waals surface area contributed by atoms with Crippen molar-refractivity contribution < 1.29 is 14.3 Å². The number of carbonyl (C=O) groups excluding carboxylic acids is 1. The number of pyridine rings is 1. The molecule has 194 valence electrons. The van der Waals surface area contributed by atoms with Gasteiger partial charge in [-0.2, -0.15) is 0 Å². The van der Waals surface area contributed by atoms with E-state index in [0.29, 0.717) is 12.4 Å². The summed E-state index contributed by atoms with van der Waals surface area (Å²) < 4.78 is 12.0. The maximum Gasteiger partial charge on any atom is 0.310 e. The van der Waals surface area contributed by atoms with Crippen molar-refractivity contribution in [2.24, 2.45) is 0 Å². The number of rotatable bonds is 6. The van der Waals surface area contributed by atoms with Gasteiger partial charge in [0.1, 0.15) is 17.7 Å². The van der Waals surface area contributed by atoms with E-state index in [9.17, 15) is 4.79 Å². The summed E-state index contributed by atoms with van der Waals surface area (Å²) in [6, 6.07) is 22.9. The second-order valence-corrected chi connectivity index (χ2v) is 10.3. The summed E-state index contributed by atoms with van der Waals surface area (Å²) in [5.41, 5.74) is 12.0. The van der Waals surface area contributed by atoms with Crippen molar-refractivity contribution in [3.05, 3.63) is 89.6 Å². The van der Waals surface area contributed by atoms with Crippen LogP contribution in [0.15, 0.2) is 72.9 Å². The van der Waals surface area contributed by atoms with Gasteiger partial charge < -0.3 is 20.5 Å². The van der Waals surface area contributed by atoms with Crippen LogP contribution in [0.3, 0.4) is 0 Å². The monoisotopic (exact) mass is 507 g/mol. The molecular formula is C32H33N3O3. The van der Waals surface area contributed by atoms with Crippen LogP contribution in [0.2, 0.25) is 0 Å². The number of benzene rings is 3. The first-order valence-corrected chi connectivity index (χ1v) is 13.5. The molecule has 1 fully saturated rings. The number of nitrogens with two attached hydrogens (primary N) is 1. The first kappa shape index (κ1) is 24.4. The molecule has 1 aliphatic heterocycles. The Balaban J connectivity index is 1.41. The fourth-order valence-corrected chi connectivity index (χ4v) is 6.31. The van der Waals surface area contributed by atoms with E-state index in [4.69, 9.17) is 15.2 Å². The van der Waals surface area contributed by atoms with Crippen molar-refractivity contribution in [1.29, 1.82) is 0 Å². The van der Waals surface area contributed by atoms with Gasteiger partial charge in [0.05, 0.1) is 13.0 Å². The summed E-state index contributed by atoms with van der Waals surface area (Å²) in [5.74, 6) is 1.05. The molecule has 0 radical (unpaired) electrons. The number of hydrogen-bond donors (Lipinski definition) is 2. The minimum Gasteiger partial charge on any atom is -0.485 e. The minimum absolute atomic E-state index is 0.0902. The molecule has 0 saturated carbocycles. The highest BCUT2D eigenvalue weighted by Gasteiger charge is 2.45. The largest absolute Gasteiger partial charge is 0.485 e. The number of nitrogens with one attached hydrogen (secondary N) is 1. The summed E-state index contributed by atoms with van der Waals surface area (Å²) in [6.07, 6.45) is 4.95. The SMILES string of the molecule is CCOC(=O)Cc1ccccc1O[C@@H]1CC2(CCNCC2)c2ccc(-c3cccc4c(N)nccc34)cc21. The number of nitrogen functional groups attached to an aromatic ring is 1. The van der Waals surface area contributed by atoms with Crippen molar-refractivity contribution in [2.45, 2.75) is 44.1 Å². The zero-order valence-corrected chi connectivity index (χ0v) is 21.7. The normalized spacial score (nSPS) is 17.9. The Hall–Kier alpha value is -3.90. The van der Waals surface area contributed by atoms with E-state index in [-0.39, 0.29) is 23.9 Å². The van der Waals surface area contributed by atoms with Crippen molar-refractivity contribution in [3.63, 3.8) is 0 Å². The van der Waals surface area contributed by atoms with Gasteiger partial charge in [-0.1, -0.05) is 48.5 Å². The van der Waals surface area contributed by atoms with Crippen LogP contribution in [0, 0.1) is 0 Å². The van der Waals surface area contributed by atoms with Crippen LogP contribution in [-0.2, 0) is 21.4 Å². The van der Waals surface area contributed by atoms with E-state index in [0.717, 1.165) is 65.6 Å². The quantitative estimate of drug-likeness (QED) is 0.324. The molecule has 1 aliphatic carbocycles. The van der Waals surface area contributed by atoms with Crippen LogP contribution in [0.1, 0.15) is 49.0 Å². The predicted octanol–water partition coefficient (Wildman–Crippen LogP) is 5.73. The van der Waals surface area contributed by atoms with Gasteiger partial charge in [-0.15, -0.1) is 0 Å². The average molecular weight is 508 g/mol. The molecule has 6 rings (SSSR count). The first-order valence-electron chi connectivity index (χ1n) is 13.5. The fourth-order valence-electron chi connectivity index (χ4n) is 6.31. The molecule has 3 N–H and O–H groups in total. The van der Waals surface area contributed by atoms with E-state index in [2.05, 4.69) is 34.6 Å². The van der Waals surface area contributed by atoms with Crippen LogP contribution in [0.5, 0.6) is 5.75 Å². The lowest BCUT2D eigenvalue weighted by Gasteiger charge is -2.35. The summed E-state index contributed by atoms with van der Waals surface area (Å²) in [5, 5.41) is 5.58. The molecule has 1 atom stereocenters. The number of aromatic nitrogens is 1. The number of ether oxygens (including phenoxy) is 2. The van der Waals surface area contributed by atoms with Gasteiger partial charge in [-0.25, -0.2) is 4.98 Å². The number of esters is 1. The van der Waals surface area contributed by atoms with Gasteiger partial charge in [0.2, 0.25) is 0 Å². The molecule has 0 amide bonds. The summed E-state index contributed by atoms with van der Waals surface area (Å²) in [7, 11) is 0. The summed E-state index contributed by atoms with van der Waals surface area (Å²) in [6.45, 7) is 4.20. The lowest BCUT2D eigenvalue weighted by Crippen LogP contribution is -2.38. The fraction of sp³-hybridized carbons (Fsp3) is 0.312. The molecule has 4 aromatic rings. The molecule has 3 aromatic carbocycles. The van der Waals surface area contributed by atoms with Gasteiger partial charge in [0.25, 0.3) is 0 Å². The second-order valence-electron chi connectivity index (χ2n) is 10.3. The van der Waals surface area contributed by atoms with Gasteiger partial charge in [0, 0.05) is 22.6 Å². The number of fused-ring (bicyclic) bond motifs is 3. The van der Waals surface area contributed by atoms with Crippen molar-refractivity contribution in [3.8, 4) is 16.9 Å². The standard InChI is InChI=1S/C32H33N3O3/c1-2-37-30(36)19-22-6-3-4-9-28(22)38-29-20-32(13-16-34-17-14-32)27-11-10-21(18-26(27)29)23-7-5-8-25-24(23)12-15-35-31(25)33/h3-12,15,18,29,34H,2,13-14,16-17,19-20H2,1H3,(H2,33,35)/t29-/m1/s1. The number of para-hydroxylation sites is 1. The smallest absolute Gasteiger partial charge is 0.310 e. The van der Waals surface area contributed by atoms with Crippen LogP contribution < -0.4 is 15.8 Å². The number of carbonyl (C=O) groups is 1. The third kappa shape index (κ3) is 4.39. The van der Waals surface area contributed by atoms with Crippen LogP contribution in [-0.4, -0.2) is 30.6 Å². The summed E-state index contributed by atoms with van der Waals surface area (Å²) >= 11 is 0. The number of nitrogens with zero attached hydrogens (tertiary/aromatic N) is 1. The third-order valence-corrected chi connectivity index (χ3v) is 8.14. The van der Waals surface area contributed by atoms with E-state index in [1.54, 1.807) is 6.20 Å². The molecule has 6 heteroatoms. The molecule has 2 heterocycles. The third-order valence-electron chi connectivity index (χ3n) is 8.14. The first-order chi connectivity index (χ1) is 18.6. The average Bonchev–Trinajstić information content (AvgIpc) is 3.22. The minimum atomic E-state index is -0.239. The maximum atomic E-state index is 12.3. The summed E-state index contributed by atoms with van der Waals surface area (Å²) in [4.78, 5) is 16.6. The van der Waals surface area contributed by atoms with Gasteiger partial charge in [-0.3, -0.25) is 4.79 Å². The Morgan fingerprint density at radius 3 is 2.74 bits per heavy atom. The van der Waals surface area contributed by atoms with Crippen LogP contribution in [0.25, 0.3) is 21.9 Å². The lowest BCUT2D eigenvalue weighted by atomic mass is 9.74. The number of hydrogen-bond acceptors (Lipinski definition) is 6. The molecule has 1 spiro atoms. The molecule has 2 aliphatic rings. The molecule has 1 saturated heterocycles. The van der Waals surface area contributed by atoms with E-state index >= 15 is 0 Å². The van der Waals surface area contributed by atoms with E-state index in [1.807, 2.05) is 49.4 Å². The van der Waals surface area contributed by atoms with Crippen molar-refractivity contribution >= 4 is 22.6 Å². The maximum absolute atomic E-state index is 12.3. The highest BCUT2D eigenvalue weighted by molar-refractivity contribution is 6.01. The van der Waals surface area contributed by atoms with Crippen LogP contribution in [0.4, 0.5) is 5.82 Å². The number of anilines is 1. The molecule has 6 nitrogen and oxygen atoms in total. The molecule has 0 bridgehead atoms. The molecule has 0 unspecified atom stereocenters. The topological polar surface area (TPSA) is 86.5 Å². The Bertz CT molecular complexity index is 1490. The Labute approximate surface area is 223 Å². The Kier molecular flexibility index (Phi) is 6.50. The van der Waals surface area contributed by atoms with E-state index < -0.39 is 0 Å². The molecular weight excluding hydrogens is 474 g/mol. The highest BCUT2D eigenvalue weighted by Crippen LogP contribution is 2.52.